The number of nitrogens with zero attached hydrogens (tertiary/aromatic N) is 2. The maximum atomic E-state index is 14.4. The first-order valence-electron chi connectivity index (χ1n) is 9.55. The average Bonchev–Trinajstić information content (AvgIpc) is 3.27. The molecular weight excluding hydrogens is 418 g/mol. The minimum atomic E-state index is -4.45. The number of nitrogens with one attached hydrogen (secondary N) is 1. The molecule has 164 valence electrons. The number of rotatable bonds is 6. The second-order valence-corrected chi connectivity index (χ2v) is 7.47. The molecule has 6 nitrogen and oxygen atoms in total. The normalized spacial score (nSPS) is 19.9. The Bertz CT molecular complexity index is 1080. The van der Waals surface area contributed by atoms with Crippen LogP contribution < -0.4 is 0 Å². The van der Waals surface area contributed by atoms with E-state index in [1.54, 1.807) is 12.1 Å². The Labute approximate surface area is 174 Å². The second-order valence-electron chi connectivity index (χ2n) is 7.47. The van der Waals surface area contributed by atoms with Gasteiger partial charge < -0.3 is 14.8 Å². The minimum absolute atomic E-state index is 0.0533. The van der Waals surface area contributed by atoms with E-state index < -0.39 is 30.0 Å². The van der Waals surface area contributed by atoms with Gasteiger partial charge in [0.05, 0.1) is 22.2 Å². The largest absolute Gasteiger partial charge is 0.478 e. The van der Waals surface area contributed by atoms with E-state index in [4.69, 9.17) is 9.84 Å². The number of ether oxygens (including phenoxy) is 1. The molecule has 0 amide bonds. The minimum Gasteiger partial charge on any atom is -0.478 e. The molecule has 31 heavy (non-hydrogen) atoms. The molecule has 2 N–H and O–H groups in total. The molecule has 2 atom stereocenters. The number of likely N-dealkylation sites (tertiary alicyclic amines) is 1. The number of hydrogen-bond donors (Lipinski definition) is 2. The molecule has 2 unspecified atom stereocenters. The molecule has 0 saturated carbocycles. The standard InChI is InChI=1S/C21H19F4N3O3/c22-15-9-28(8-12-1-3-13(4-2-12)20(29)30)10-18(15)31-11-19-26-16-6-5-14(21(23,24)25)7-17(16)27-19/h1-7,15,18H,8-11H2,(H,26,27)(H,29,30). The van der Waals surface area contributed by atoms with E-state index in [-0.39, 0.29) is 24.2 Å². The van der Waals surface area contributed by atoms with Gasteiger partial charge in [0.25, 0.3) is 0 Å². The fourth-order valence-electron chi connectivity index (χ4n) is 3.60. The van der Waals surface area contributed by atoms with Gasteiger partial charge in [-0.25, -0.2) is 14.2 Å². The van der Waals surface area contributed by atoms with Crippen LogP contribution in [-0.2, 0) is 24.1 Å². The van der Waals surface area contributed by atoms with Crippen molar-refractivity contribution in [3.63, 3.8) is 0 Å². The van der Waals surface area contributed by atoms with Crippen molar-refractivity contribution >= 4 is 17.0 Å². The number of aromatic nitrogens is 2. The molecule has 1 aliphatic rings. The quantitative estimate of drug-likeness (QED) is 0.570. The number of hydrogen-bond acceptors (Lipinski definition) is 4. The third-order valence-electron chi connectivity index (χ3n) is 5.17. The lowest BCUT2D eigenvalue weighted by Crippen LogP contribution is -2.24. The molecule has 1 saturated heterocycles. The molecule has 0 radical (unpaired) electrons. The van der Waals surface area contributed by atoms with Gasteiger partial charge in [-0.1, -0.05) is 12.1 Å². The first-order valence-corrected chi connectivity index (χ1v) is 9.55. The van der Waals surface area contributed by atoms with Crippen molar-refractivity contribution < 1.29 is 32.2 Å². The summed E-state index contributed by atoms with van der Waals surface area (Å²) in [7, 11) is 0. The average molecular weight is 437 g/mol. The number of imidazole rings is 1. The van der Waals surface area contributed by atoms with E-state index in [0.29, 0.717) is 24.4 Å². The van der Waals surface area contributed by atoms with Crippen LogP contribution in [0, 0.1) is 0 Å². The van der Waals surface area contributed by atoms with E-state index in [9.17, 15) is 22.4 Å². The summed E-state index contributed by atoms with van der Waals surface area (Å²) in [6, 6.07) is 9.60. The summed E-state index contributed by atoms with van der Waals surface area (Å²) in [5, 5.41) is 8.94. The van der Waals surface area contributed by atoms with Gasteiger partial charge in [-0.2, -0.15) is 13.2 Å². The second kappa shape index (κ2) is 8.27. The summed E-state index contributed by atoms with van der Waals surface area (Å²) in [5.41, 5.74) is 0.880. The first kappa shape index (κ1) is 21.3. The van der Waals surface area contributed by atoms with Crippen LogP contribution in [0.2, 0.25) is 0 Å². The van der Waals surface area contributed by atoms with E-state index >= 15 is 0 Å². The monoisotopic (exact) mass is 437 g/mol. The maximum absolute atomic E-state index is 14.4. The highest BCUT2D eigenvalue weighted by Gasteiger charge is 2.34. The topological polar surface area (TPSA) is 78.4 Å². The summed E-state index contributed by atoms with van der Waals surface area (Å²) in [4.78, 5) is 19.8. The Morgan fingerprint density at radius 3 is 2.61 bits per heavy atom. The van der Waals surface area contributed by atoms with Crippen LogP contribution in [0.15, 0.2) is 42.5 Å². The Hall–Kier alpha value is -2.98. The molecule has 1 aliphatic heterocycles. The Morgan fingerprint density at radius 1 is 1.19 bits per heavy atom. The van der Waals surface area contributed by atoms with Crippen molar-refractivity contribution in [2.75, 3.05) is 13.1 Å². The third kappa shape index (κ3) is 4.86. The van der Waals surface area contributed by atoms with Crippen LogP contribution >= 0.6 is 0 Å². The first-order chi connectivity index (χ1) is 14.7. The zero-order valence-corrected chi connectivity index (χ0v) is 16.2. The molecule has 2 aromatic carbocycles. The molecule has 0 bridgehead atoms. The van der Waals surface area contributed by atoms with Gasteiger partial charge in [-0.3, -0.25) is 4.90 Å². The predicted molar refractivity (Wildman–Crippen MR) is 103 cm³/mol. The van der Waals surface area contributed by atoms with Crippen LogP contribution in [0.1, 0.15) is 27.3 Å². The SMILES string of the molecule is O=C(O)c1ccc(CN2CC(F)C(OCc3nc4ccc(C(F)(F)F)cc4[nH]3)C2)cc1. The molecule has 0 spiro atoms. The Morgan fingerprint density at radius 2 is 1.94 bits per heavy atom. The van der Waals surface area contributed by atoms with Gasteiger partial charge >= 0.3 is 12.1 Å². The number of carboxylic acids is 1. The van der Waals surface area contributed by atoms with E-state index in [1.165, 1.54) is 18.2 Å². The summed E-state index contributed by atoms with van der Waals surface area (Å²) in [6.45, 7) is 0.897. The van der Waals surface area contributed by atoms with E-state index in [1.807, 2.05) is 4.90 Å². The van der Waals surface area contributed by atoms with Crippen LogP contribution in [0.4, 0.5) is 17.6 Å². The molecule has 10 heteroatoms. The number of halogens is 4. The third-order valence-corrected chi connectivity index (χ3v) is 5.17. The molecule has 3 aromatic rings. The van der Waals surface area contributed by atoms with Crippen molar-refractivity contribution in [2.24, 2.45) is 0 Å². The number of benzene rings is 2. The lowest BCUT2D eigenvalue weighted by atomic mass is 10.1. The van der Waals surface area contributed by atoms with Crippen molar-refractivity contribution in [1.29, 1.82) is 0 Å². The maximum Gasteiger partial charge on any atom is 0.416 e. The van der Waals surface area contributed by atoms with Crippen molar-refractivity contribution in [1.82, 2.24) is 14.9 Å². The molecule has 2 heterocycles. The smallest absolute Gasteiger partial charge is 0.416 e. The van der Waals surface area contributed by atoms with Crippen LogP contribution in [0.25, 0.3) is 11.0 Å². The summed E-state index contributed by atoms with van der Waals surface area (Å²) < 4.78 is 58.5. The summed E-state index contributed by atoms with van der Waals surface area (Å²) in [5.74, 6) is -0.686. The van der Waals surface area contributed by atoms with Gasteiger partial charge in [-0.15, -0.1) is 0 Å². The van der Waals surface area contributed by atoms with E-state index in [2.05, 4.69) is 9.97 Å². The van der Waals surface area contributed by atoms with Crippen LogP contribution in [-0.4, -0.2) is 51.3 Å². The zero-order chi connectivity index (χ0) is 22.2. The van der Waals surface area contributed by atoms with E-state index in [0.717, 1.165) is 17.7 Å². The highest BCUT2D eigenvalue weighted by Crippen LogP contribution is 2.31. The number of aromatic carboxylic acids is 1. The van der Waals surface area contributed by atoms with Crippen molar-refractivity contribution in [3.8, 4) is 0 Å². The van der Waals surface area contributed by atoms with Gasteiger partial charge in [0, 0.05) is 19.6 Å². The molecule has 1 aromatic heterocycles. The van der Waals surface area contributed by atoms with Crippen LogP contribution in [0.3, 0.4) is 0 Å². The Balaban J connectivity index is 1.35. The molecule has 1 fully saturated rings. The number of H-pyrrole nitrogens is 1. The lowest BCUT2D eigenvalue weighted by Gasteiger charge is -2.15. The predicted octanol–water partition coefficient (Wildman–Crippen LogP) is 4.02. The van der Waals surface area contributed by atoms with Gasteiger partial charge in [0.2, 0.25) is 0 Å². The fourth-order valence-corrected chi connectivity index (χ4v) is 3.60. The summed E-state index contributed by atoms with van der Waals surface area (Å²) >= 11 is 0. The highest BCUT2D eigenvalue weighted by atomic mass is 19.4. The number of alkyl halides is 4. The number of carboxylic acid groups (broad SMARTS) is 1. The number of aromatic amines is 1. The van der Waals surface area contributed by atoms with Gasteiger partial charge in [0.1, 0.15) is 24.7 Å². The Kier molecular flexibility index (Phi) is 5.67. The molecule has 0 aliphatic carbocycles. The highest BCUT2D eigenvalue weighted by molar-refractivity contribution is 5.87. The van der Waals surface area contributed by atoms with Crippen LogP contribution in [0.5, 0.6) is 0 Å². The molecule has 4 rings (SSSR count). The number of carbonyl (C=O) groups is 1. The van der Waals surface area contributed by atoms with Crippen molar-refractivity contribution in [2.45, 2.75) is 31.6 Å². The van der Waals surface area contributed by atoms with Gasteiger partial charge in [0.15, 0.2) is 0 Å². The lowest BCUT2D eigenvalue weighted by molar-refractivity contribution is -0.137. The molecular formula is C21H19F4N3O3. The zero-order valence-electron chi connectivity index (χ0n) is 16.2. The summed E-state index contributed by atoms with van der Waals surface area (Å²) in [6.07, 6.45) is -6.37. The van der Waals surface area contributed by atoms with Gasteiger partial charge in [-0.05, 0) is 35.9 Å². The number of fused-ring (bicyclic) bond motifs is 1. The van der Waals surface area contributed by atoms with Crippen molar-refractivity contribution in [3.05, 3.63) is 65.0 Å². The fraction of sp³-hybridized carbons (Fsp3) is 0.333.